The Kier molecular flexibility index (Phi) is 4.33. The van der Waals surface area contributed by atoms with Crippen LogP contribution < -0.4 is 4.90 Å². The van der Waals surface area contributed by atoms with Crippen molar-refractivity contribution in [3.05, 3.63) is 17.6 Å². The molecule has 0 aliphatic carbocycles. The van der Waals surface area contributed by atoms with E-state index in [1.165, 1.54) is 0 Å². The van der Waals surface area contributed by atoms with Gasteiger partial charge in [-0.25, -0.2) is 4.98 Å². The Morgan fingerprint density at radius 3 is 2.60 bits per heavy atom. The summed E-state index contributed by atoms with van der Waals surface area (Å²) in [7, 11) is 0. The zero-order chi connectivity index (χ0) is 11.4. The first-order chi connectivity index (χ1) is 7.06. The van der Waals surface area contributed by atoms with Gasteiger partial charge in [0.1, 0.15) is 0 Å². The standard InChI is InChI=1S/C11H18ClN3/c1-8(2)15(6-5-12)11-10(4)13-7-9(3)14-11/h7-8H,5-6H2,1-4H3. The molecule has 1 heterocycles. The number of aryl methyl sites for hydroxylation is 2. The maximum Gasteiger partial charge on any atom is 0.150 e. The highest BCUT2D eigenvalue weighted by molar-refractivity contribution is 6.18. The molecule has 0 aliphatic heterocycles. The molecule has 0 fully saturated rings. The molecule has 0 N–H and O–H groups in total. The molecule has 0 amide bonds. The van der Waals surface area contributed by atoms with Crippen LogP contribution in [0.25, 0.3) is 0 Å². The summed E-state index contributed by atoms with van der Waals surface area (Å²) >= 11 is 5.79. The van der Waals surface area contributed by atoms with Gasteiger partial charge in [0, 0.05) is 24.7 Å². The van der Waals surface area contributed by atoms with Crippen molar-refractivity contribution in [2.75, 3.05) is 17.3 Å². The van der Waals surface area contributed by atoms with Gasteiger partial charge in [-0.15, -0.1) is 11.6 Å². The molecule has 0 aromatic carbocycles. The molecule has 0 aliphatic rings. The topological polar surface area (TPSA) is 29.0 Å². The molecule has 0 saturated carbocycles. The third kappa shape index (κ3) is 3.06. The molecule has 0 atom stereocenters. The van der Waals surface area contributed by atoms with E-state index in [9.17, 15) is 0 Å². The van der Waals surface area contributed by atoms with E-state index < -0.39 is 0 Å². The number of anilines is 1. The van der Waals surface area contributed by atoms with Crippen molar-refractivity contribution in [1.29, 1.82) is 0 Å². The van der Waals surface area contributed by atoms with Crippen LogP contribution in [0.4, 0.5) is 5.82 Å². The lowest BCUT2D eigenvalue weighted by atomic mass is 10.3. The van der Waals surface area contributed by atoms with Gasteiger partial charge in [0.25, 0.3) is 0 Å². The van der Waals surface area contributed by atoms with E-state index in [1.54, 1.807) is 6.20 Å². The molecule has 84 valence electrons. The highest BCUT2D eigenvalue weighted by atomic mass is 35.5. The van der Waals surface area contributed by atoms with Gasteiger partial charge < -0.3 is 4.90 Å². The normalized spacial score (nSPS) is 10.8. The number of hydrogen-bond donors (Lipinski definition) is 0. The Hall–Kier alpha value is -0.830. The SMILES string of the molecule is Cc1cnc(C)c(N(CCCl)C(C)C)n1. The van der Waals surface area contributed by atoms with E-state index in [4.69, 9.17) is 11.6 Å². The molecule has 0 bridgehead atoms. The van der Waals surface area contributed by atoms with Gasteiger partial charge in [0.15, 0.2) is 5.82 Å². The number of aromatic nitrogens is 2. The van der Waals surface area contributed by atoms with Gasteiger partial charge in [-0.3, -0.25) is 4.98 Å². The van der Waals surface area contributed by atoms with Crippen LogP contribution in [0.5, 0.6) is 0 Å². The van der Waals surface area contributed by atoms with Gasteiger partial charge in [-0.1, -0.05) is 0 Å². The summed E-state index contributed by atoms with van der Waals surface area (Å²) < 4.78 is 0. The average molecular weight is 228 g/mol. The third-order valence-electron chi connectivity index (χ3n) is 2.27. The van der Waals surface area contributed by atoms with Crippen LogP contribution in [0.2, 0.25) is 0 Å². The summed E-state index contributed by atoms with van der Waals surface area (Å²) in [6.45, 7) is 9.00. The van der Waals surface area contributed by atoms with Gasteiger partial charge in [-0.05, 0) is 27.7 Å². The minimum Gasteiger partial charge on any atom is -0.351 e. The zero-order valence-electron chi connectivity index (χ0n) is 9.79. The summed E-state index contributed by atoms with van der Waals surface area (Å²) in [5, 5.41) is 0. The fourth-order valence-electron chi connectivity index (χ4n) is 1.50. The quantitative estimate of drug-likeness (QED) is 0.741. The lowest BCUT2D eigenvalue weighted by Gasteiger charge is -2.28. The first-order valence-electron chi connectivity index (χ1n) is 5.19. The van der Waals surface area contributed by atoms with Crippen LogP contribution in [0.3, 0.4) is 0 Å². The van der Waals surface area contributed by atoms with Gasteiger partial charge in [-0.2, -0.15) is 0 Å². The Balaban J connectivity index is 3.04. The Labute approximate surface area is 96.5 Å². The fourth-order valence-corrected chi connectivity index (χ4v) is 1.68. The predicted molar refractivity (Wildman–Crippen MR) is 64.7 cm³/mol. The molecule has 15 heavy (non-hydrogen) atoms. The maximum absolute atomic E-state index is 5.79. The molecule has 4 heteroatoms. The van der Waals surface area contributed by atoms with Crippen molar-refractivity contribution in [3.63, 3.8) is 0 Å². The third-order valence-corrected chi connectivity index (χ3v) is 2.44. The number of hydrogen-bond acceptors (Lipinski definition) is 3. The highest BCUT2D eigenvalue weighted by Crippen LogP contribution is 2.17. The summed E-state index contributed by atoms with van der Waals surface area (Å²) in [6, 6.07) is 0.388. The molecule has 1 aromatic heterocycles. The van der Waals surface area contributed by atoms with Crippen LogP contribution in [0.1, 0.15) is 25.2 Å². The molecule has 0 radical (unpaired) electrons. The smallest absolute Gasteiger partial charge is 0.150 e. The fraction of sp³-hybridized carbons (Fsp3) is 0.636. The van der Waals surface area contributed by atoms with Crippen LogP contribution in [-0.4, -0.2) is 28.4 Å². The maximum atomic E-state index is 5.79. The molecule has 3 nitrogen and oxygen atoms in total. The predicted octanol–water partition coefficient (Wildman–Crippen LogP) is 2.55. The van der Waals surface area contributed by atoms with Crippen molar-refractivity contribution in [2.45, 2.75) is 33.7 Å². The van der Waals surface area contributed by atoms with Gasteiger partial charge >= 0.3 is 0 Å². The van der Waals surface area contributed by atoms with E-state index in [0.29, 0.717) is 11.9 Å². The Morgan fingerprint density at radius 1 is 1.40 bits per heavy atom. The van der Waals surface area contributed by atoms with Crippen LogP contribution in [0, 0.1) is 13.8 Å². The van der Waals surface area contributed by atoms with Crippen molar-refractivity contribution < 1.29 is 0 Å². The summed E-state index contributed by atoms with van der Waals surface area (Å²) in [5.74, 6) is 1.55. The number of halogens is 1. The van der Waals surface area contributed by atoms with Crippen molar-refractivity contribution in [1.82, 2.24) is 9.97 Å². The second kappa shape index (κ2) is 5.31. The number of rotatable bonds is 4. The minimum absolute atomic E-state index is 0.388. The van der Waals surface area contributed by atoms with Crippen LogP contribution in [0.15, 0.2) is 6.20 Å². The van der Waals surface area contributed by atoms with Crippen LogP contribution >= 0.6 is 11.6 Å². The largest absolute Gasteiger partial charge is 0.351 e. The molecule has 0 unspecified atom stereocenters. The molecule has 1 aromatic rings. The lowest BCUT2D eigenvalue weighted by Crippen LogP contribution is -2.34. The van der Waals surface area contributed by atoms with Crippen molar-refractivity contribution in [3.8, 4) is 0 Å². The molecule has 0 saturated heterocycles. The van der Waals surface area contributed by atoms with E-state index in [2.05, 4.69) is 28.7 Å². The first kappa shape index (κ1) is 12.2. The molecular formula is C11H18ClN3. The van der Waals surface area contributed by atoms with Gasteiger partial charge in [0.05, 0.1) is 11.4 Å². The minimum atomic E-state index is 0.388. The Morgan fingerprint density at radius 2 is 2.07 bits per heavy atom. The van der Waals surface area contributed by atoms with Crippen molar-refractivity contribution in [2.24, 2.45) is 0 Å². The van der Waals surface area contributed by atoms with E-state index in [-0.39, 0.29) is 0 Å². The monoisotopic (exact) mass is 227 g/mol. The van der Waals surface area contributed by atoms with Gasteiger partial charge in [0.2, 0.25) is 0 Å². The lowest BCUT2D eigenvalue weighted by molar-refractivity contribution is 0.688. The van der Waals surface area contributed by atoms with E-state index in [1.807, 2.05) is 13.8 Å². The number of alkyl halides is 1. The second-order valence-electron chi connectivity index (χ2n) is 3.90. The Bertz CT molecular complexity index is 326. The average Bonchev–Trinajstić information content (AvgIpc) is 2.18. The van der Waals surface area contributed by atoms with Crippen molar-refractivity contribution >= 4 is 17.4 Å². The van der Waals surface area contributed by atoms with E-state index >= 15 is 0 Å². The zero-order valence-corrected chi connectivity index (χ0v) is 10.5. The summed E-state index contributed by atoms with van der Waals surface area (Å²) in [4.78, 5) is 11.0. The second-order valence-corrected chi connectivity index (χ2v) is 4.27. The van der Waals surface area contributed by atoms with E-state index in [0.717, 1.165) is 23.8 Å². The highest BCUT2D eigenvalue weighted by Gasteiger charge is 2.14. The molecule has 1 rings (SSSR count). The number of nitrogens with zero attached hydrogens (tertiary/aromatic N) is 3. The first-order valence-corrected chi connectivity index (χ1v) is 5.72. The molecular weight excluding hydrogens is 210 g/mol. The summed E-state index contributed by atoms with van der Waals surface area (Å²) in [5.41, 5.74) is 1.90. The van der Waals surface area contributed by atoms with Crippen LogP contribution in [-0.2, 0) is 0 Å². The summed E-state index contributed by atoms with van der Waals surface area (Å²) in [6.07, 6.45) is 1.79. The molecule has 0 spiro atoms.